The van der Waals surface area contributed by atoms with Gasteiger partial charge in [0.05, 0.1) is 19.8 Å². The summed E-state index contributed by atoms with van der Waals surface area (Å²) in [4.78, 5) is 4.47. The topological polar surface area (TPSA) is 75.1 Å². The molecule has 0 radical (unpaired) electrons. The van der Waals surface area contributed by atoms with Crippen molar-refractivity contribution >= 4 is 29.9 Å². The average molecular weight is 531 g/mol. The normalized spacial score (nSPS) is 10.9. The molecule has 30 heavy (non-hydrogen) atoms. The number of nitrogens with one attached hydrogen (secondary N) is 2. The van der Waals surface area contributed by atoms with E-state index in [9.17, 15) is 9.50 Å². The smallest absolute Gasteiger partial charge is 0.191 e. The van der Waals surface area contributed by atoms with Gasteiger partial charge in [-0.3, -0.25) is 0 Å². The molecule has 0 spiro atoms. The minimum Gasteiger partial charge on any atom is -0.505 e. The zero-order valence-corrected chi connectivity index (χ0v) is 20.0. The van der Waals surface area contributed by atoms with Crippen LogP contribution >= 0.6 is 24.0 Å². The van der Waals surface area contributed by atoms with E-state index in [-0.39, 0.29) is 29.7 Å². The maximum absolute atomic E-state index is 13.5. The number of aromatic hydroxyl groups is 1. The van der Waals surface area contributed by atoms with Gasteiger partial charge in [-0.25, -0.2) is 9.38 Å². The first kappa shape index (κ1) is 25.8. The number of guanidine groups is 1. The first-order valence-electron chi connectivity index (χ1n) is 9.95. The van der Waals surface area contributed by atoms with Gasteiger partial charge in [-0.05, 0) is 62.6 Å². The van der Waals surface area contributed by atoms with Crippen LogP contribution in [0.1, 0.15) is 31.9 Å². The SMILES string of the molecule is CCNC(=NCc1ccc(O)c(F)c1)NCCc1ccc(OCC)c(OCC)c1.I. The minimum atomic E-state index is -0.642. The number of aliphatic imine (C=N–C) groups is 1. The molecule has 0 amide bonds. The van der Waals surface area contributed by atoms with E-state index in [0.717, 1.165) is 23.5 Å². The first-order chi connectivity index (χ1) is 14.1. The van der Waals surface area contributed by atoms with E-state index < -0.39 is 5.82 Å². The fraction of sp³-hybridized carbons (Fsp3) is 0.409. The molecule has 2 aromatic rings. The maximum atomic E-state index is 13.5. The van der Waals surface area contributed by atoms with E-state index in [1.807, 2.05) is 39.0 Å². The zero-order valence-electron chi connectivity index (χ0n) is 17.7. The second kappa shape index (κ2) is 13.9. The van der Waals surface area contributed by atoms with Gasteiger partial charge >= 0.3 is 0 Å². The number of hydrogen-bond donors (Lipinski definition) is 3. The summed E-state index contributed by atoms with van der Waals surface area (Å²) in [5.74, 6) is 1.15. The number of nitrogens with zero attached hydrogens (tertiary/aromatic N) is 1. The van der Waals surface area contributed by atoms with Crippen LogP contribution in [0.4, 0.5) is 4.39 Å². The Bertz CT molecular complexity index is 818. The molecule has 0 fully saturated rings. The maximum Gasteiger partial charge on any atom is 0.191 e. The zero-order chi connectivity index (χ0) is 21.1. The molecule has 0 saturated heterocycles. The van der Waals surface area contributed by atoms with Gasteiger partial charge in [0.2, 0.25) is 0 Å². The summed E-state index contributed by atoms with van der Waals surface area (Å²) >= 11 is 0. The fourth-order valence-electron chi connectivity index (χ4n) is 2.74. The van der Waals surface area contributed by atoms with Gasteiger partial charge in [0.15, 0.2) is 29.0 Å². The number of benzene rings is 2. The van der Waals surface area contributed by atoms with E-state index in [0.29, 0.717) is 44.4 Å². The van der Waals surface area contributed by atoms with Crippen LogP contribution in [0, 0.1) is 5.82 Å². The van der Waals surface area contributed by atoms with Crippen molar-refractivity contribution in [2.75, 3.05) is 26.3 Å². The van der Waals surface area contributed by atoms with Gasteiger partial charge in [0.25, 0.3) is 0 Å². The minimum absolute atomic E-state index is 0. The molecule has 2 aromatic carbocycles. The van der Waals surface area contributed by atoms with E-state index in [1.165, 1.54) is 12.1 Å². The predicted octanol–water partition coefficient (Wildman–Crippen LogP) is 4.24. The van der Waals surface area contributed by atoms with E-state index in [1.54, 1.807) is 6.07 Å². The fourth-order valence-corrected chi connectivity index (χ4v) is 2.74. The van der Waals surface area contributed by atoms with Crippen LogP contribution in [-0.2, 0) is 13.0 Å². The van der Waals surface area contributed by atoms with E-state index in [2.05, 4.69) is 15.6 Å². The molecule has 0 bridgehead atoms. The van der Waals surface area contributed by atoms with Crippen LogP contribution in [0.5, 0.6) is 17.2 Å². The molecule has 0 aliphatic heterocycles. The highest BCUT2D eigenvalue weighted by atomic mass is 127. The number of ether oxygens (including phenoxy) is 2. The largest absolute Gasteiger partial charge is 0.505 e. The quantitative estimate of drug-likeness (QED) is 0.243. The third kappa shape index (κ3) is 8.25. The van der Waals surface area contributed by atoms with Crippen LogP contribution in [0.3, 0.4) is 0 Å². The van der Waals surface area contributed by atoms with Gasteiger partial charge in [-0.2, -0.15) is 0 Å². The summed E-state index contributed by atoms with van der Waals surface area (Å²) < 4.78 is 24.7. The average Bonchev–Trinajstić information content (AvgIpc) is 2.71. The highest BCUT2D eigenvalue weighted by Crippen LogP contribution is 2.28. The number of halogens is 2. The Balaban J connectivity index is 0.00000450. The summed E-state index contributed by atoms with van der Waals surface area (Å²) in [7, 11) is 0. The Kier molecular flexibility index (Phi) is 12.0. The Morgan fingerprint density at radius 3 is 2.33 bits per heavy atom. The van der Waals surface area contributed by atoms with Crippen LogP contribution in [0.2, 0.25) is 0 Å². The van der Waals surface area contributed by atoms with E-state index >= 15 is 0 Å². The number of phenols is 1. The summed E-state index contributed by atoms with van der Waals surface area (Å²) in [6.07, 6.45) is 0.782. The predicted molar refractivity (Wildman–Crippen MR) is 129 cm³/mol. The molecule has 0 aromatic heterocycles. The highest BCUT2D eigenvalue weighted by Gasteiger charge is 2.07. The van der Waals surface area contributed by atoms with Crippen LogP contribution in [0.15, 0.2) is 41.4 Å². The van der Waals surface area contributed by atoms with Crippen molar-refractivity contribution in [2.24, 2.45) is 4.99 Å². The molecule has 0 saturated carbocycles. The van der Waals surface area contributed by atoms with Gasteiger partial charge in [0, 0.05) is 13.1 Å². The molecule has 0 aliphatic rings. The first-order valence-corrected chi connectivity index (χ1v) is 9.95. The summed E-state index contributed by atoms with van der Waals surface area (Å²) in [6.45, 7) is 8.75. The summed E-state index contributed by atoms with van der Waals surface area (Å²) in [5.41, 5.74) is 1.81. The van der Waals surface area contributed by atoms with E-state index in [4.69, 9.17) is 9.47 Å². The summed E-state index contributed by atoms with van der Waals surface area (Å²) in [5, 5.41) is 15.7. The van der Waals surface area contributed by atoms with Crippen molar-refractivity contribution < 1.29 is 19.0 Å². The van der Waals surface area contributed by atoms with Crippen molar-refractivity contribution in [1.82, 2.24) is 10.6 Å². The van der Waals surface area contributed by atoms with Crippen LogP contribution in [-0.4, -0.2) is 37.4 Å². The lowest BCUT2D eigenvalue weighted by molar-refractivity contribution is 0.287. The second-order valence-corrected chi connectivity index (χ2v) is 6.30. The molecular formula is C22H31FIN3O3. The third-order valence-corrected chi connectivity index (χ3v) is 4.09. The van der Waals surface area contributed by atoms with Crippen molar-refractivity contribution in [2.45, 2.75) is 33.7 Å². The molecule has 0 atom stereocenters. The number of hydrogen-bond acceptors (Lipinski definition) is 4. The molecule has 8 heteroatoms. The molecule has 3 N–H and O–H groups in total. The van der Waals surface area contributed by atoms with Gasteiger partial charge in [-0.1, -0.05) is 12.1 Å². The van der Waals surface area contributed by atoms with Crippen molar-refractivity contribution in [3.63, 3.8) is 0 Å². The Morgan fingerprint density at radius 1 is 0.967 bits per heavy atom. The monoisotopic (exact) mass is 531 g/mol. The molecule has 166 valence electrons. The second-order valence-electron chi connectivity index (χ2n) is 6.30. The molecule has 0 unspecified atom stereocenters. The molecule has 0 heterocycles. The summed E-state index contributed by atoms with van der Waals surface area (Å²) in [6, 6.07) is 10.2. The van der Waals surface area contributed by atoms with Gasteiger partial charge < -0.3 is 25.2 Å². The molecule has 2 rings (SSSR count). The lowest BCUT2D eigenvalue weighted by Gasteiger charge is -2.14. The van der Waals surface area contributed by atoms with Crippen molar-refractivity contribution in [3.05, 3.63) is 53.3 Å². The highest BCUT2D eigenvalue weighted by molar-refractivity contribution is 14.0. The van der Waals surface area contributed by atoms with Crippen LogP contribution < -0.4 is 20.1 Å². The number of rotatable bonds is 10. The van der Waals surface area contributed by atoms with Crippen LogP contribution in [0.25, 0.3) is 0 Å². The van der Waals surface area contributed by atoms with Gasteiger partial charge in [0.1, 0.15) is 0 Å². The Morgan fingerprint density at radius 2 is 1.67 bits per heavy atom. The lowest BCUT2D eigenvalue weighted by Crippen LogP contribution is -2.38. The Hall–Kier alpha value is -2.23. The molecule has 6 nitrogen and oxygen atoms in total. The van der Waals surface area contributed by atoms with Gasteiger partial charge in [-0.15, -0.1) is 24.0 Å². The molecular weight excluding hydrogens is 500 g/mol. The van der Waals surface area contributed by atoms with Crippen molar-refractivity contribution in [3.8, 4) is 17.2 Å². The lowest BCUT2D eigenvalue weighted by atomic mass is 10.1. The third-order valence-electron chi connectivity index (χ3n) is 4.09. The Labute approximate surface area is 194 Å². The van der Waals surface area contributed by atoms with Crippen molar-refractivity contribution in [1.29, 1.82) is 0 Å². The molecule has 0 aliphatic carbocycles. The number of phenolic OH excluding ortho intramolecular Hbond substituents is 1. The standard InChI is InChI=1S/C22H30FN3O3.HI/c1-4-24-22(26-15-17-7-9-19(27)18(23)13-17)25-12-11-16-8-10-20(28-5-2)21(14-16)29-6-3;/h7-10,13-14,27H,4-6,11-12,15H2,1-3H3,(H2,24,25,26);1H.